The SMILES string of the molecule is Cc1cccc(NCC(C)O)c1C#N. The predicted octanol–water partition coefficient (Wildman–Crippen LogP) is 1.66. The lowest BCUT2D eigenvalue weighted by molar-refractivity contribution is 0.208. The molecule has 1 atom stereocenters. The van der Waals surface area contributed by atoms with Crippen molar-refractivity contribution in [2.75, 3.05) is 11.9 Å². The van der Waals surface area contributed by atoms with Crippen LogP contribution in [0.3, 0.4) is 0 Å². The number of anilines is 1. The van der Waals surface area contributed by atoms with Crippen molar-refractivity contribution in [3.63, 3.8) is 0 Å². The number of benzene rings is 1. The van der Waals surface area contributed by atoms with Crippen LogP contribution in [0, 0.1) is 18.3 Å². The molecule has 1 aromatic rings. The summed E-state index contributed by atoms with van der Waals surface area (Å²) in [5.74, 6) is 0. The van der Waals surface area contributed by atoms with E-state index < -0.39 is 6.10 Å². The Kier molecular flexibility index (Phi) is 3.49. The second-order valence-electron chi connectivity index (χ2n) is 3.34. The number of aliphatic hydroxyl groups is 1. The van der Waals surface area contributed by atoms with E-state index >= 15 is 0 Å². The number of hydrogen-bond acceptors (Lipinski definition) is 3. The summed E-state index contributed by atoms with van der Waals surface area (Å²) in [4.78, 5) is 0. The number of hydrogen-bond donors (Lipinski definition) is 2. The van der Waals surface area contributed by atoms with Gasteiger partial charge in [0.15, 0.2) is 0 Å². The van der Waals surface area contributed by atoms with Gasteiger partial charge < -0.3 is 10.4 Å². The molecule has 0 aliphatic rings. The van der Waals surface area contributed by atoms with Gasteiger partial charge in [0, 0.05) is 6.54 Å². The monoisotopic (exact) mass is 190 g/mol. The van der Waals surface area contributed by atoms with Gasteiger partial charge in [-0.3, -0.25) is 0 Å². The van der Waals surface area contributed by atoms with E-state index in [-0.39, 0.29) is 0 Å². The predicted molar refractivity (Wildman–Crippen MR) is 56.1 cm³/mol. The van der Waals surface area contributed by atoms with Gasteiger partial charge in [-0.25, -0.2) is 0 Å². The summed E-state index contributed by atoms with van der Waals surface area (Å²) in [5.41, 5.74) is 2.38. The van der Waals surface area contributed by atoms with Crippen molar-refractivity contribution in [1.82, 2.24) is 0 Å². The molecule has 1 unspecified atom stereocenters. The Bertz CT molecular complexity index is 353. The van der Waals surface area contributed by atoms with Crippen LogP contribution in [-0.4, -0.2) is 17.8 Å². The summed E-state index contributed by atoms with van der Waals surface area (Å²) < 4.78 is 0. The molecule has 3 heteroatoms. The van der Waals surface area contributed by atoms with Gasteiger partial charge in [0.2, 0.25) is 0 Å². The smallest absolute Gasteiger partial charge is 0.102 e. The Labute approximate surface area is 84.0 Å². The molecule has 0 amide bonds. The average molecular weight is 190 g/mol. The van der Waals surface area contributed by atoms with Crippen LogP contribution in [0.1, 0.15) is 18.1 Å². The third-order valence-electron chi connectivity index (χ3n) is 1.97. The first-order chi connectivity index (χ1) is 6.65. The third-order valence-corrected chi connectivity index (χ3v) is 1.97. The van der Waals surface area contributed by atoms with Gasteiger partial charge in [0.25, 0.3) is 0 Å². The van der Waals surface area contributed by atoms with E-state index in [1.165, 1.54) is 0 Å². The van der Waals surface area contributed by atoms with Gasteiger partial charge in [-0.2, -0.15) is 5.26 Å². The standard InChI is InChI=1S/C11H14N2O/c1-8-4-3-5-11(10(8)6-12)13-7-9(2)14/h3-5,9,13-14H,7H2,1-2H3. The molecule has 0 saturated heterocycles. The minimum Gasteiger partial charge on any atom is -0.392 e. The Balaban J connectivity index is 2.87. The molecule has 1 aromatic carbocycles. The molecule has 0 aliphatic carbocycles. The van der Waals surface area contributed by atoms with Crippen LogP contribution < -0.4 is 5.32 Å². The Hall–Kier alpha value is -1.53. The molecule has 0 aromatic heterocycles. The average Bonchev–Trinajstić information content (AvgIpc) is 2.14. The second kappa shape index (κ2) is 4.64. The van der Waals surface area contributed by atoms with Crippen molar-refractivity contribution in [1.29, 1.82) is 5.26 Å². The Morgan fingerprint density at radius 3 is 2.86 bits per heavy atom. The van der Waals surface area contributed by atoms with Crippen LogP contribution >= 0.6 is 0 Å². The molecule has 0 heterocycles. The van der Waals surface area contributed by atoms with Gasteiger partial charge in [-0.05, 0) is 25.5 Å². The largest absolute Gasteiger partial charge is 0.392 e. The summed E-state index contributed by atoms with van der Waals surface area (Å²) in [5, 5.41) is 21.0. The first-order valence-corrected chi connectivity index (χ1v) is 4.56. The van der Waals surface area contributed by atoms with E-state index in [9.17, 15) is 0 Å². The van der Waals surface area contributed by atoms with Crippen molar-refractivity contribution < 1.29 is 5.11 Å². The zero-order valence-electron chi connectivity index (χ0n) is 8.41. The van der Waals surface area contributed by atoms with E-state index in [0.29, 0.717) is 12.1 Å². The maximum absolute atomic E-state index is 9.10. The lowest BCUT2D eigenvalue weighted by Crippen LogP contribution is -2.16. The maximum atomic E-state index is 9.10. The second-order valence-corrected chi connectivity index (χ2v) is 3.34. The summed E-state index contributed by atoms with van der Waals surface area (Å²) >= 11 is 0. The first kappa shape index (κ1) is 10.6. The van der Waals surface area contributed by atoms with E-state index in [2.05, 4.69) is 11.4 Å². The highest BCUT2D eigenvalue weighted by atomic mass is 16.3. The minimum absolute atomic E-state index is 0.415. The van der Waals surface area contributed by atoms with Crippen molar-refractivity contribution in [2.24, 2.45) is 0 Å². The number of aryl methyl sites for hydroxylation is 1. The van der Waals surface area contributed by atoms with Crippen molar-refractivity contribution >= 4 is 5.69 Å². The molecule has 3 nitrogen and oxygen atoms in total. The number of nitrogens with zero attached hydrogens (tertiary/aromatic N) is 1. The third kappa shape index (κ3) is 2.48. The quantitative estimate of drug-likeness (QED) is 0.762. The van der Waals surface area contributed by atoms with Crippen LogP contribution in [0.5, 0.6) is 0 Å². The lowest BCUT2D eigenvalue weighted by Gasteiger charge is -2.10. The highest BCUT2D eigenvalue weighted by Crippen LogP contribution is 2.17. The Morgan fingerprint density at radius 1 is 1.57 bits per heavy atom. The fourth-order valence-corrected chi connectivity index (χ4v) is 1.22. The topological polar surface area (TPSA) is 56.0 Å². The molecule has 74 valence electrons. The summed E-state index contributed by atoms with van der Waals surface area (Å²) in [7, 11) is 0. The molecule has 0 aliphatic heterocycles. The van der Waals surface area contributed by atoms with Crippen LogP contribution in [0.2, 0.25) is 0 Å². The van der Waals surface area contributed by atoms with E-state index in [1.54, 1.807) is 6.92 Å². The zero-order valence-corrected chi connectivity index (χ0v) is 8.41. The van der Waals surface area contributed by atoms with Gasteiger partial charge in [0.05, 0.1) is 17.4 Å². The molecule has 14 heavy (non-hydrogen) atoms. The number of rotatable bonds is 3. The molecule has 1 rings (SSSR count). The van der Waals surface area contributed by atoms with Gasteiger partial charge >= 0.3 is 0 Å². The lowest BCUT2D eigenvalue weighted by atomic mass is 10.1. The summed E-state index contributed by atoms with van der Waals surface area (Å²) in [6, 6.07) is 7.77. The number of aliphatic hydroxyl groups excluding tert-OH is 1. The summed E-state index contributed by atoms with van der Waals surface area (Å²) in [6.07, 6.45) is -0.415. The van der Waals surface area contributed by atoms with Crippen molar-refractivity contribution in [3.05, 3.63) is 29.3 Å². The van der Waals surface area contributed by atoms with Crippen LogP contribution in [0.4, 0.5) is 5.69 Å². The number of nitriles is 1. The van der Waals surface area contributed by atoms with Crippen LogP contribution in [0.25, 0.3) is 0 Å². The molecule has 0 saturated carbocycles. The molecule has 0 fully saturated rings. The fraction of sp³-hybridized carbons (Fsp3) is 0.364. The maximum Gasteiger partial charge on any atom is 0.102 e. The first-order valence-electron chi connectivity index (χ1n) is 4.56. The summed E-state index contributed by atoms with van der Waals surface area (Å²) in [6.45, 7) is 4.05. The Morgan fingerprint density at radius 2 is 2.29 bits per heavy atom. The van der Waals surface area contributed by atoms with E-state index in [1.807, 2.05) is 25.1 Å². The normalized spacial score (nSPS) is 11.9. The van der Waals surface area contributed by atoms with E-state index in [0.717, 1.165) is 11.3 Å². The van der Waals surface area contributed by atoms with Crippen LogP contribution in [-0.2, 0) is 0 Å². The van der Waals surface area contributed by atoms with Gasteiger partial charge in [-0.15, -0.1) is 0 Å². The molecular formula is C11H14N2O. The van der Waals surface area contributed by atoms with Gasteiger partial charge in [-0.1, -0.05) is 12.1 Å². The molecular weight excluding hydrogens is 176 g/mol. The highest BCUT2D eigenvalue weighted by Gasteiger charge is 2.04. The molecule has 0 spiro atoms. The van der Waals surface area contributed by atoms with Crippen molar-refractivity contribution in [3.8, 4) is 6.07 Å². The highest BCUT2D eigenvalue weighted by molar-refractivity contribution is 5.60. The number of nitrogens with one attached hydrogen (secondary N) is 1. The molecule has 2 N–H and O–H groups in total. The van der Waals surface area contributed by atoms with Gasteiger partial charge in [0.1, 0.15) is 6.07 Å². The molecule has 0 bridgehead atoms. The fourth-order valence-electron chi connectivity index (χ4n) is 1.22. The van der Waals surface area contributed by atoms with Crippen LogP contribution in [0.15, 0.2) is 18.2 Å². The van der Waals surface area contributed by atoms with E-state index in [4.69, 9.17) is 10.4 Å². The minimum atomic E-state index is -0.415. The zero-order chi connectivity index (χ0) is 10.6. The van der Waals surface area contributed by atoms with Crippen molar-refractivity contribution in [2.45, 2.75) is 20.0 Å². The molecule has 0 radical (unpaired) electrons.